The molecule has 1 aromatic carbocycles. The minimum atomic E-state index is -1.03. The number of halogens is 2. The third-order valence-electron chi connectivity index (χ3n) is 2.62. The molecule has 0 aliphatic heterocycles. The Balaban J connectivity index is 2.30. The van der Waals surface area contributed by atoms with Crippen LogP contribution >= 0.6 is 0 Å². The van der Waals surface area contributed by atoms with Gasteiger partial charge in [0.2, 0.25) is 0 Å². The molecule has 0 aliphatic carbocycles. The Morgan fingerprint density at radius 2 is 2.00 bits per heavy atom. The quantitative estimate of drug-likeness (QED) is 0.692. The minimum Gasteiger partial charge on any atom is -0.367 e. The van der Waals surface area contributed by atoms with E-state index in [2.05, 4.69) is 15.0 Å². The van der Waals surface area contributed by atoms with Gasteiger partial charge < -0.3 is 9.97 Å². The van der Waals surface area contributed by atoms with Gasteiger partial charge >= 0.3 is 0 Å². The summed E-state index contributed by atoms with van der Waals surface area (Å²) in [4.78, 5) is 21.0. The highest BCUT2D eigenvalue weighted by Gasteiger charge is 2.13. The fourth-order valence-corrected chi connectivity index (χ4v) is 1.75. The second kappa shape index (κ2) is 3.76. The van der Waals surface area contributed by atoms with Crippen molar-refractivity contribution in [2.45, 2.75) is 0 Å². The second-order valence-corrected chi connectivity index (χ2v) is 3.77. The normalized spacial score (nSPS) is 11.0. The van der Waals surface area contributed by atoms with Crippen molar-refractivity contribution < 1.29 is 8.78 Å². The maximum absolute atomic E-state index is 13.5. The van der Waals surface area contributed by atoms with Gasteiger partial charge in [0.25, 0.3) is 0 Å². The average molecular weight is 247 g/mol. The Hall–Kier alpha value is -2.50. The van der Waals surface area contributed by atoms with Gasteiger partial charge in [-0.25, -0.2) is 13.8 Å². The first-order valence-corrected chi connectivity index (χ1v) is 5.18. The van der Waals surface area contributed by atoms with Crippen LogP contribution in [0.4, 0.5) is 8.78 Å². The smallest absolute Gasteiger partial charge is 0.192 e. The zero-order valence-corrected chi connectivity index (χ0v) is 9.00. The summed E-state index contributed by atoms with van der Waals surface area (Å²) >= 11 is 0. The van der Waals surface area contributed by atoms with E-state index in [9.17, 15) is 13.6 Å². The van der Waals surface area contributed by atoms with Crippen LogP contribution < -0.4 is 5.43 Å². The maximum Gasteiger partial charge on any atom is 0.192 e. The molecule has 3 aromatic rings. The number of hydrogen-bond acceptors (Lipinski definition) is 2. The molecule has 0 saturated carbocycles. The first kappa shape index (κ1) is 10.6. The summed E-state index contributed by atoms with van der Waals surface area (Å²) in [5.41, 5.74) is 0.239. The van der Waals surface area contributed by atoms with Crippen molar-refractivity contribution in [3.8, 4) is 11.4 Å². The molecule has 0 fully saturated rings. The van der Waals surface area contributed by atoms with Gasteiger partial charge in [-0.3, -0.25) is 4.79 Å². The third kappa shape index (κ3) is 1.50. The molecule has 0 radical (unpaired) electrons. The summed E-state index contributed by atoms with van der Waals surface area (Å²) in [6, 6.07) is 3.72. The molecule has 0 atom stereocenters. The molecule has 0 spiro atoms. The third-order valence-corrected chi connectivity index (χ3v) is 2.62. The molecule has 0 amide bonds. The van der Waals surface area contributed by atoms with Gasteiger partial charge in [0.05, 0.1) is 11.1 Å². The van der Waals surface area contributed by atoms with Crippen LogP contribution in [0, 0.1) is 11.6 Å². The Kier molecular flexibility index (Phi) is 2.22. The highest BCUT2D eigenvalue weighted by Crippen LogP contribution is 2.21. The van der Waals surface area contributed by atoms with E-state index in [-0.39, 0.29) is 22.3 Å². The van der Waals surface area contributed by atoms with E-state index in [0.29, 0.717) is 5.52 Å². The molecule has 2 heterocycles. The molecular weight excluding hydrogens is 240 g/mol. The van der Waals surface area contributed by atoms with Crippen LogP contribution in [0.1, 0.15) is 0 Å². The van der Waals surface area contributed by atoms with E-state index in [1.807, 2.05) is 0 Å². The lowest BCUT2D eigenvalue weighted by molar-refractivity contribution is 0.515. The summed E-state index contributed by atoms with van der Waals surface area (Å²) in [6.45, 7) is 0. The number of aromatic amines is 2. The summed E-state index contributed by atoms with van der Waals surface area (Å²) in [7, 11) is 0. The van der Waals surface area contributed by atoms with Crippen LogP contribution in [0.5, 0.6) is 0 Å². The van der Waals surface area contributed by atoms with Crippen molar-refractivity contribution in [3.63, 3.8) is 0 Å². The largest absolute Gasteiger partial charge is 0.367 e. The summed E-state index contributed by atoms with van der Waals surface area (Å²) in [5, 5.41) is 0. The number of pyridine rings is 1. The van der Waals surface area contributed by atoms with Gasteiger partial charge in [-0.05, 0) is 12.1 Å². The SMILES string of the molecule is O=c1cc[nH]cc1-c1nc2c(F)c(F)ccc2[nH]1. The molecule has 2 N–H and O–H groups in total. The van der Waals surface area contributed by atoms with Gasteiger partial charge in [-0.2, -0.15) is 0 Å². The van der Waals surface area contributed by atoms with Crippen molar-refractivity contribution in [2.24, 2.45) is 0 Å². The Bertz CT molecular complexity index is 791. The fourth-order valence-electron chi connectivity index (χ4n) is 1.75. The van der Waals surface area contributed by atoms with Crippen LogP contribution in [0.2, 0.25) is 0 Å². The maximum atomic E-state index is 13.5. The number of hydrogen-bond donors (Lipinski definition) is 2. The molecule has 0 unspecified atom stereocenters. The minimum absolute atomic E-state index is 0.117. The van der Waals surface area contributed by atoms with Gasteiger partial charge in [0, 0.05) is 18.5 Å². The Labute approximate surface area is 99.3 Å². The van der Waals surface area contributed by atoms with E-state index in [1.165, 1.54) is 24.5 Å². The number of fused-ring (bicyclic) bond motifs is 1. The van der Waals surface area contributed by atoms with Crippen LogP contribution in [-0.4, -0.2) is 15.0 Å². The Morgan fingerprint density at radius 3 is 2.78 bits per heavy atom. The predicted octanol–water partition coefficient (Wildman–Crippen LogP) is 2.20. The first-order valence-electron chi connectivity index (χ1n) is 5.18. The number of aromatic nitrogens is 3. The van der Waals surface area contributed by atoms with Crippen molar-refractivity contribution in [1.29, 1.82) is 0 Å². The number of nitrogens with zero attached hydrogens (tertiary/aromatic N) is 1. The summed E-state index contributed by atoms with van der Waals surface area (Å²) in [6.07, 6.45) is 2.93. The van der Waals surface area contributed by atoms with Gasteiger partial charge in [-0.15, -0.1) is 0 Å². The monoisotopic (exact) mass is 247 g/mol. The lowest BCUT2D eigenvalue weighted by Crippen LogP contribution is -2.03. The van der Waals surface area contributed by atoms with Crippen LogP contribution in [-0.2, 0) is 0 Å². The molecule has 18 heavy (non-hydrogen) atoms. The average Bonchev–Trinajstić information content (AvgIpc) is 2.79. The molecule has 4 nitrogen and oxygen atoms in total. The lowest BCUT2D eigenvalue weighted by Gasteiger charge is -1.92. The van der Waals surface area contributed by atoms with E-state index in [1.54, 1.807) is 0 Å². The molecule has 6 heteroatoms. The summed E-state index contributed by atoms with van der Waals surface area (Å²) < 4.78 is 26.5. The van der Waals surface area contributed by atoms with Crippen LogP contribution in [0.25, 0.3) is 22.4 Å². The van der Waals surface area contributed by atoms with Gasteiger partial charge in [0.1, 0.15) is 11.3 Å². The molecule has 0 saturated heterocycles. The number of benzene rings is 1. The van der Waals surface area contributed by atoms with E-state index >= 15 is 0 Å². The van der Waals surface area contributed by atoms with Crippen LogP contribution in [0.3, 0.4) is 0 Å². The fraction of sp³-hybridized carbons (Fsp3) is 0. The molecule has 0 bridgehead atoms. The van der Waals surface area contributed by atoms with Gasteiger partial charge in [-0.1, -0.05) is 0 Å². The van der Waals surface area contributed by atoms with E-state index in [0.717, 1.165) is 6.07 Å². The van der Waals surface area contributed by atoms with Crippen molar-refractivity contribution in [1.82, 2.24) is 15.0 Å². The number of H-pyrrole nitrogens is 2. The molecule has 0 aliphatic rings. The van der Waals surface area contributed by atoms with Crippen LogP contribution in [0.15, 0.2) is 35.4 Å². The molecule has 3 rings (SSSR count). The number of imidazole rings is 1. The highest BCUT2D eigenvalue weighted by atomic mass is 19.2. The lowest BCUT2D eigenvalue weighted by atomic mass is 10.2. The van der Waals surface area contributed by atoms with Gasteiger partial charge in [0.15, 0.2) is 17.1 Å². The molecular formula is C12H7F2N3O. The topological polar surface area (TPSA) is 61.5 Å². The predicted molar refractivity (Wildman–Crippen MR) is 62.1 cm³/mol. The number of rotatable bonds is 1. The summed E-state index contributed by atoms with van der Waals surface area (Å²) in [5.74, 6) is -1.79. The number of nitrogens with one attached hydrogen (secondary N) is 2. The molecule has 2 aromatic heterocycles. The van der Waals surface area contributed by atoms with E-state index < -0.39 is 11.6 Å². The first-order chi connectivity index (χ1) is 8.66. The Morgan fingerprint density at radius 1 is 1.17 bits per heavy atom. The molecule has 90 valence electrons. The van der Waals surface area contributed by atoms with Crippen molar-refractivity contribution in [3.05, 3.63) is 52.5 Å². The second-order valence-electron chi connectivity index (χ2n) is 3.77. The van der Waals surface area contributed by atoms with E-state index in [4.69, 9.17) is 0 Å². The standard InChI is InChI=1S/C12H7F2N3O/c13-7-1-2-8-11(10(7)14)17-12(16-8)6-5-15-4-3-9(6)18/h1-5H,(H,15,18)(H,16,17). The highest BCUT2D eigenvalue weighted by molar-refractivity contribution is 5.79. The van der Waals surface area contributed by atoms with Crippen molar-refractivity contribution in [2.75, 3.05) is 0 Å². The zero-order chi connectivity index (χ0) is 12.7. The van der Waals surface area contributed by atoms with Crippen molar-refractivity contribution >= 4 is 11.0 Å². The zero-order valence-electron chi connectivity index (χ0n) is 9.00.